The zero-order valence-electron chi connectivity index (χ0n) is 15.4. The summed E-state index contributed by atoms with van der Waals surface area (Å²) >= 11 is 1.08. The number of fused-ring (bicyclic) bond motifs is 2. The predicted octanol–water partition coefficient (Wildman–Crippen LogP) is 3.61. The van der Waals surface area contributed by atoms with Crippen LogP contribution >= 0.6 is 11.3 Å². The zero-order valence-corrected chi connectivity index (χ0v) is 17.0. The summed E-state index contributed by atoms with van der Waals surface area (Å²) in [5.74, 6) is 0. The summed E-state index contributed by atoms with van der Waals surface area (Å²) < 4.78 is 30.8. The lowest BCUT2D eigenvalue weighted by Gasteiger charge is -2.16. The van der Waals surface area contributed by atoms with Crippen LogP contribution in [0.15, 0.2) is 46.1 Å². The molecule has 5 nitrogen and oxygen atoms in total. The molecule has 3 aromatic rings. The lowest BCUT2D eigenvalue weighted by molar-refractivity contribution is 0.567. The molecule has 0 radical (unpaired) electrons. The van der Waals surface area contributed by atoms with Gasteiger partial charge in [0.15, 0.2) is 0 Å². The summed E-state index contributed by atoms with van der Waals surface area (Å²) in [4.78, 5) is 12.1. The molecule has 0 spiro atoms. The monoisotopic (exact) mass is 402 g/mol. The fourth-order valence-electron chi connectivity index (χ4n) is 3.74. The molecule has 0 unspecified atom stereocenters. The van der Waals surface area contributed by atoms with Gasteiger partial charge in [-0.15, -0.1) is 0 Å². The minimum Gasteiger partial charge on any atom is -0.299 e. The number of benzene rings is 2. The number of aromatic nitrogens is 1. The summed E-state index contributed by atoms with van der Waals surface area (Å²) in [6.45, 7) is 4.33. The first kappa shape index (κ1) is 18.4. The minimum atomic E-state index is -3.68. The molecule has 142 valence electrons. The van der Waals surface area contributed by atoms with Crippen LogP contribution in [0.4, 0.5) is 0 Å². The van der Waals surface area contributed by atoms with Gasteiger partial charge in [-0.2, -0.15) is 0 Å². The molecule has 0 fully saturated rings. The second-order valence-corrected chi connectivity index (χ2v) is 9.67. The molecular formula is C20H22N2O3S2. The molecule has 1 aliphatic rings. The molecule has 1 aliphatic carbocycles. The molecule has 0 amide bonds. The second kappa shape index (κ2) is 6.89. The van der Waals surface area contributed by atoms with E-state index >= 15 is 0 Å². The van der Waals surface area contributed by atoms with Crippen LogP contribution < -0.4 is 9.60 Å². The number of hydrogen-bond acceptors (Lipinski definition) is 4. The standard InChI is InChI=1S/C20H22N2O3S2/c1-3-22-18-10-9-17(12-19(18)26-20(22)23)27(24,25)21-13(2)15-8-7-14-5-4-6-16(14)11-15/h7-13,21H,3-6H2,1-2H3/t13-/m1/s1. The average Bonchev–Trinajstić information content (AvgIpc) is 3.22. The fraction of sp³-hybridized carbons (Fsp3) is 0.350. The number of aryl methyl sites for hydroxylation is 3. The lowest BCUT2D eigenvalue weighted by atomic mass is 10.0. The van der Waals surface area contributed by atoms with Crippen LogP contribution in [0.25, 0.3) is 10.2 Å². The quantitative estimate of drug-likeness (QED) is 0.709. The highest BCUT2D eigenvalue weighted by molar-refractivity contribution is 7.89. The maximum absolute atomic E-state index is 12.9. The third-order valence-electron chi connectivity index (χ3n) is 5.22. The highest BCUT2D eigenvalue weighted by Crippen LogP contribution is 2.27. The van der Waals surface area contributed by atoms with Crippen LogP contribution in [-0.2, 0) is 29.4 Å². The number of sulfonamides is 1. The summed E-state index contributed by atoms with van der Waals surface area (Å²) in [5, 5.41) is 0. The van der Waals surface area contributed by atoms with E-state index in [1.807, 2.05) is 19.9 Å². The van der Waals surface area contributed by atoms with Crippen molar-refractivity contribution >= 4 is 31.6 Å². The van der Waals surface area contributed by atoms with Gasteiger partial charge >= 0.3 is 4.87 Å². The third-order valence-corrected chi connectivity index (χ3v) is 7.70. The number of hydrogen-bond donors (Lipinski definition) is 1. The Hall–Kier alpha value is -1.96. The van der Waals surface area contributed by atoms with Gasteiger partial charge in [-0.1, -0.05) is 29.5 Å². The maximum atomic E-state index is 12.9. The molecule has 1 heterocycles. The van der Waals surface area contributed by atoms with Crippen LogP contribution in [0.5, 0.6) is 0 Å². The van der Waals surface area contributed by atoms with Crippen molar-refractivity contribution in [2.24, 2.45) is 0 Å². The van der Waals surface area contributed by atoms with Gasteiger partial charge in [0.2, 0.25) is 10.0 Å². The van der Waals surface area contributed by atoms with E-state index in [4.69, 9.17) is 0 Å². The van der Waals surface area contributed by atoms with E-state index in [1.165, 1.54) is 17.5 Å². The molecular weight excluding hydrogens is 380 g/mol. The van der Waals surface area contributed by atoms with Gasteiger partial charge in [-0.05, 0) is 68.0 Å². The molecule has 4 rings (SSSR count). The Balaban J connectivity index is 1.63. The molecule has 7 heteroatoms. The van der Waals surface area contributed by atoms with E-state index in [0.717, 1.165) is 35.3 Å². The molecule has 0 bridgehead atoms. The molecule has 0 saturated heterocycles. The van der Waals surface area contributed by atoms with Crippen molar-refractivity contribution in [2.75, 3.05) is 0 Å². The van der Waals surface area contributed by atoms with E-state index in [2.05, 4.69) is 16.9 Å². The van der Waals surface area contributed by atoms with Crippen LogP contribution in [0.2, 0.25) is 0 Å². The Morgan fingerprint density at radius 3 is 2.70 bits per heavy atom. The smallest absolute Gasteiger partial charge is 0.299 e. The minimum absolute atomic E-state index is 0.0680. The van der Waals surface area contributed by atoms with Crippen molar-refractivity contribution in [1.29, 1.82) is 0 Å². The Labute approximate surface area is 162 Å². The van der Waals surface area contributed by atoms with E-state index in [9.17, 15) is 13.2 Å². The van der Waals surface area contributed by atoms with Gasteiger partial charge in [0.25, 0.3) is 0 Å². The zero-order chi connectivity index (χ0) is 19.2. The van der Waals surface area contributed by atoms with Crippen molar-refractivity contribution in [3.63, 3.8) is 0 Å². The Bertz CT molecular complexity index is 1180. The van der Waals surface area contributed by atoms with Gasteiger partial charge in [-0.3, -0.25) is 9.36 Å². The van der Waals surface area contributed by atoms with Crippen molar-refractivity contribution < 1.29 is 8.42 Å². The molecule has 2 aromatic carbocycles. The Morgan fingerprint density at radius 1 is 1.15 bits per heavy atom. The van der Waals surface area contributed by atoms with Gasteiger partial charge in [0.05, 0.1) is 15.1 Å². The van der Waals surface area contributed by atoms with Gasteiger partial charge in [-0.25, -0.2) is 13.1 Å². The summed E-state index contributed by atoms with van der Waals surface area (Å²) in [5.41, 5.74) is 4.44. The SMILES string of the molecule is CCn1c(=O)sc2cc(S(=O)(=O)N[C@H](C)c3ccc4c(c3)CCC4)ccc21. The number of nitrogens with zero attached hydrogens (tertiary/aromatic N) is 1. The summed E-state index contributed by atoms with van der Waals surface area (Å²) in [6.07, 6.45) is 3.34. The van der Waals surface area contributed by atoms with E-state index in [-0.39, 0.29) is 15.8 Å². The van der Waals surface area contributed by atoms with Crippen molar-refractivity contribution in [1.82, 2.24) is 9.29 Å². The third kappa shape index (κ3) is 3.35. The van der Waals surface area contributed by atoms with Crippen molar-refractivity contribution in [3.8, 4) is 0 Å². The number of thiazole rings is 1. The van der Waals surface area contributed by atoms with Crippen LogP contribution in [-0.4, -0.2) is 13.0 Å². The van der Waals surface area contributed by atoms with Crippen LogP contribution in [0.1, 0.15) is 43.0 Å². The fourth-order valence-corrected chi connectivity index (χ4v) is 6.07. The van der Waals surface area contributed by atoms with E-state index < -0.39 is 10.0 Å². The van der Waals surface area contributed by atoms with Crippen LogP contribution in [0, 0.1) is 0 Å². The highest BCUT2D eigenvalue weighted by atomic mass is 32.2. The van der Waals surface area contributed by atoms with Gasteiger partial charge in [0.1, 0.15) is 0 Å². The lowest BCUT2D eigenvalue weighted by Crippen LogP contribution is -2.27. The van der Waals surface area contributed by atoms with Crippen molar-refractivity contribution in [2.45, 2.75) is 50.6 Å². The van der Waals surface area contributed by atoms with Crippen molar-refractivity contribution in [3.05, 3.63) is 62.8 Å². The summed E-state index contributed by atoms with van der Waals surface area (Å²) in [6, 6.07) is 10.8. The maximum Gasteiger partial charge on any atom is 0.308 e. The number of rotatable bonds is 5. The molecule has 27 heavy (non-hydrogen) atoms. The van der Waals surface area contributed by atoms with E-state index in [0.29, 0.717) is 11.2 Å². The molecule has 1 aromatic heterocycles. The number of nitrogens with one attached hydrogen (secondary N) is 1. The first-order chi connectivity index (χ1) is 12.9. The molecule has 0 saturated carbocycles. The van der Waals surface area contributed by atoms with Gasteiger partial charge in [0, 0.05) is 12.6 Å². The second-order valence-electron chi connectivity index (χ2n) is 6.97. The first-order valence-electron chi connectivity index (χ1n) is 9.16. The summed E-state index contributed by atoms with van der Waals surface area (Å²) in [7, 11) is -3.68. The van der Waals surface area contributed by atoms with Crippen LogP contribution in [0.3, 0.4) is 0 Å². The predicted molar refractivity (Wildman–Crippen MR) is 109 cm³/mol. The first-order valence-corrected chi connectivity index (χ1v) is 11.5. The van der Waals surface area contributed by atoms with Gasteiger partial charge < -0.3 is 0 Å². The Kier molecular flexibility index (Phi) is 4.70. The average molecular weight is 403 g/mol. The normalized spacial score (nSPS) is 15.2. The largest absolute Gasteiger partial charge is 0.308 e. The molecule has 1 N–H and O–H groups in total. The Morgan fingerprint density at radius 2 is 1.93 bits per heavy atom. The topological polar surface area (TPSA) is 68.2 Å². The highest BCUT2D eigenvalue weighted by Gasteiger charge is 2.21. The molecule has 1 atom stereocenters. The van der Waals surface area contributed by atoms with E-state index in [1.54, 1.807) is 22.8 Å². The molecule has 0 aliphatic heterocycles.